The van der Waals surface area contributed by atoms with E-state index < -0.39 is 0 Å². The van der Waals surface area contributed by atoms with Crippen LogP contribution in [0.5, 0.6) is 0 Å². The van der Waals surface area contributed by atoms with Crippen molar-refractivity contribution in [2.24, 2.45) is 0 Å². The van der Waals surface area contributed by atoms with E-state index in [4.69, 9.17) is 0 Å². The average Bonchev–Trinajstić information content (AvgIpc) is 2.22. The molecule has 0 heterocycles. The first-order chi connectivity index (χ1) is 7.15. The second-order valence-corrected chi connectivity index (χ2v) is 4.61. The molecule has 0 aliphatic rings. The Balaban J connectivity index is 2.64. The van der Waals surface area contributed by atoms with Gasteiger partial charge in [-0.1, -0.05) is 29.3 Å². The van der Waals surface area contributed by atoms with Crippen molar-refractivity contribution in [3.63, 3.8) is 0 Å². The van der Waals surface area contributed by atoms with Crippen LogP contribution in [0.4, 0.5) is 4.39 Å². The summed E-state index contributed by atoms with van der Waals surface area (Å²) in [4.78, 5) is 0. The molecule has 15 heavy (non-hydrogen) atoms. The Morgan fingerprint density at radius 1 is 1.47 bits per heavy atom. The van der Waals surface area contributed by atoms with E-state index in [1.54, 1.807) is 6.07 Å². The van der Waals surface area contributed by atoms with Gasteiger partial charge in [-0.3, -0.25) is 0 Å². The fourth-order valence-corrected chi connectivity index (χ4v) is 1.83. The van der Waals surface area contributed by atoms with Gasteiger partial charge >= 0.3 is 0 Å². The number of hydrogen-bond acceptors (Lipinski definition) is 1. The van der Waals surface area contributed by atoms with Crippen LogP contribution in [0, 0.1) is 5.82 Å². The van der Waals surface area contributed by atoms with Gasteiger partial charge in [-0.15, -0.1) is 0 Å². The lowest BCUT2D eigenvalue weighted by atomic mass is 10.1. The van der Waals surface area contributed by atoms with Gasteiger partial charge in [0.05, 0.1) is 0 Å². The van der Waals surface area contributed by atoms with E-state index in [9.17, 15) is 4.39 Å². The minimum atomic E-state index is -0.144. The summed E-state index contributed by atoms with van der Waals surface area (Å²) in [5, 5.41) is 3.31. The van der Waals surface area contributed by atoms with Gasteiger partial charge in [0.1, 0.15) is 5.82 Å². The first-order valence-electron chi connectivity index (χ1n) is 5.33. The molecule has 0 fully saturated rings. The van der Waals surface area contributed by atoms with Gasteiger partial charge in [-0.2, -0.15) is 0 Å². The van der Waals surface area contributed by atoms with Gasteiger partial charge in [0.25, 0.3) is 0 Å². The summed E-state index contributed by atoms with van der Waals surface area (Å²) in [7, 11) is 0. The van der Waals surface area contributed by atoms with Crippen LogP contribution in [-0.4, -0.2) is 6.54 Å². The zero-order valence-corrected chi connectivity index (χ0v) is 10.8. The molecule has 0 radical (unpaired) electrons. The Labute approximate surface area is 99.2 Å². The van der Waals surface area contributed by atoms with Crippen molar-refractivity contribution in [3.05, 3.63) is 34.1 Å². The highest BCUT2D eigenvalue weighted by Gasteiger charge is 2.10. The highest BCUT2D eigenvalue weighted by Crippen LogP contribution is 2.21. The summed E-state index contributed by atoms with van der Waals surface area (Å²) in [5.74, 6) is -0.144. The third kappa shape index (κ3) is 3.92. The molecule has 3 heteroatoms. The van der Waals surface area contributed by atoms with Crippen molar-refractivity contribution in [1.29, 1.82) is 0 Å². The van der Waals surface area contributed by atoms with Crippen molar-refractivity contribution in [2.45, 2.75) is 32.7 Å². The third-order valence-electron chi connectivity index (χ3n) is 2.41. The standard InChI is InChI=1S/C12H17BrFN/c1-3-4-7-15-9(2)11-8-10(13)5-6-12(11)14/h5-6,8-9,15H,3-4,7H2,1-2H3. The van der Waals surface area contributed by atoms with E-state index in [1.165, 1.54) is 6.07 Å². The van der Waals surface area contributed by atoms with Crippen LogP contribution in [0.1, 0.15) is 38.3 Å². The van der Waals surface area contributed by atoms with Gasteiger partial charge in [-0.05, 0) is 38.1 Å². The number of halogens is 2. The molecule has 1 rings (SSSR count). The molecule has 0 saturated heterocycles. The molecule has 0 bridgehead atoms. The second kappa shape index (κ2) is 6.23. The lowest BCUT2D eigenvalue weighted by Crippen LogP contribution is -2.20. The Morgan fingerprint density at radius 2 is 2.20 bits per heavy atom. The number of rotatable bonds is 5. The van der Waals surface area contributed by atoms with Crippen molar-refractivity contribution in [1.82, 2.24) is 5.32 Å². The van der Waals surface area contributed by atoms with E-state index >= 15 is 0 Å². The van der Waals surface area contributed by atoms with Crippen LogP contribution < -0.4 is 5.32 Å². The van der Waals surface area contributed by atoms with E-state index in [1.807, 2.05) is 13.0 Å². The smallest absolute Gasteiger partial charge is 0.128 e. The lowest BCUT2D eigenvalue weighted by Gasteiger charge is -2.15. The molecule has 0 aromatic heterocycles. The minimum Gasteiger partial charge on any atom is -0.310 e. The Hall–Kier alpha value is -0.410. The molecule has 84 valence electrons. The molecule has 1 aromatic rings. The molecule has 1 unspecified atom stereocenters. The Morgan fingerprint density at radius 3 is 2.87 bits per heavy atom. The SMILES string of the molecule is CCCCNC(C)c1cc(Br)ccc1F. The molecule has 1 aromatic carbocycles. The largest absolute Gasteiger partial charge is 0.310 e. The van der Waals surface area contributed by atoms with Crippen molar-refractivity contribution in [2.75, 3.05) is 6.54 Å². The Kier molecular flexibility index (Phi) is 5.26. The molecule has 1 nitrogen and oxygen atoms in total. The van der Waals surface area contributed by atoms with Crippen LogP contribution in [-0.2, 0) is 0 Å². The third-order valence-corrected chi connectivity index (χ3v) is 2.90. The van der Waals surface area contributed by atoms with Crippen molar-refractivity contribution in [3.8, 4) is 0 Å². The summed E-state index contributed by atoms with van der Waals surface area (Å²) in [5.41, 5.74) is 0.723. The van der Waals surface area contributed by atoms with Crippen LogP contribution in [0.3, 0.4) is 0 Å². The molecule has 0 aliphatic heterocycles. The van der Waals surface area contributed by atoms with Gasteiger partial charge in [0, 0.05) is 16.1 Å². The summed E-state index contributed by atoms with van der Waals surface area (Å²) in [6.07, 6.45) is 2.28. The average molecular weight is 274 g/mol. The van der Waals surface area contributed by atoms with Crippen LogP contribution in [0.25, 0.3) is 0 Å². The van der Waals surface area contributed by atoms with Crippen LogP contribution >= 0.6 is 15.9 Å². The highest BCUT2D eigenvalue weighted by molar-refractivity contribution is 9.10. The minimum absolute atomic E-state index is 0.0639. The van der Waals surface area contributed by atoms with Gasteiger partial charge < -0.3 is 5.32 Å². The van der Waals surface area contributed by atoms with E-state index in [0.29, 0.717) is 0 Å². The van der Waals surface area contributed by atoms with Gasteiger partial charge in [-0.25, -0.2) is 4.39 Å². The lowest BCUT2D eigenvalue weighted by molar-refractivity contribution is 0.519. The van der Waals surface area contributed by atoms with Crippen LogP contribution in [0.15, 0.2) is 22.7 Å². The maximum atomic E-state index is 13.5. The number of hydrogen-bond donors (Lipinski definition) is 1. The number of nitrogens with one attached hydrogen (secondary N) is 1. The predicted octanol–water partition coefficient (Wildman–Crippen LogP) is 4.04. The van der Waals surface area contributed by atoms with Gasteiger partial charge in [0.2, 0.25) is 0 Å². The quantitative estimate of drug-likeness (QED) is 0.799. The Bertz CT molecular complexity index is 314. The molecular formula is C12H17BrFN. The maximum Gasteiger partial charge on any atom is 0.128 e. The normalized spacial score (nSPS) is 12.8. The van der Waals surface area contributed by atoms with Gasteiger partial charge in [0.15, 0.2) is 0 Å². The fourth-order valence-electron chi connectivity index (χ4n) is 1.45. The van der Waals surface area contributed by atoms with E-state index in [2.05, 4.69) is 28.2 Å². The summed E-state index contributed by atoms with van der Waals surface area (Å²) in [6.45, 7) is 5.07. The summed E-state index contributed by atoms with van der Waals surface area (Å²) in [6, 6.07) is 5.11. The van der Waals surface area contributed by atoms with Crippen LogP contribution in [0.2, 0.25) is 0 Å². The molecule has 1 N–H and O–H groups in total. The molecule has 0 saturated carbocycles. The zero-order valence-electron chi connectivity index (χ0n) is 9.19. The number of benzene rings is 1. The molecule has 0 aliphatic carbocycles. The summed E-state index contributed by atoms with van der Waals surface area (Å²) >= 11 is 3.35. The summed E-state index contributed by atoms with van der Waals surface area (Å²) < 4.78 is 14.4. The zero-order chi connectivity index (χ0) is 11.3. The topological polar surface area (TPSA) is 12.0 Å². The molecule has 0 amide bonds. The first-order valence-corrected chi connectivity index (χ1v) is 6.12. The maximum absolute atomic E-state index is 13.5. The van der Waals surface area contributed by atoms with E-state index in [-0.39, 0.29) is 11.9 Å². The highest BCUT2D eigenvalue weighted by atomic mass is 79.9. The molecular weight excluding hydrogens is 257 g/mol. The number of unbranched alkanes of at least 4 members (excludes halogenated alkanes) is 1. The second-order valence-electron chi connectivity index (χ2n) is 3.70. The molecule has 0 spiro atoms. The van der Waals surface area contributed by atoms with E-state index in [0.717, 1.165) is 29.4 Å². The molecule has 1 atom stereocenters. The predicted molar refractivity (Wildman–Crippen MR) is 65.4 cm³/mol. The fraction of sp³-hybridized carbons (Fsp3) is 0.500. The monoisotopic (exact) mass is 273 g/mol. The van der Waals surface area contributed by atoms with Crippen molar-refractivity contribution >= 4 is 15.9 Å². The van der Waals surface area contributed by atoms with Crippen molar-refractivity contribution < 1.29 is 4.39 Å². The first kappa shape index (κ1) is 12.7.